The van der Waals surface area contributed by atoms with Crippen LogP contribution >= 0.6 is 0 Å². The standard InChI is InChI=1S/C19H31N/c1-5-12-20-15(2)14-19(3,4)18-11-7-10-17(13-18)16-8-6-9-16/h7,10-11,13,15-16,20H,5-6,8-9,12,14H2,1-4H3. The van der Waals surface area contributed by atoms with Gasteiger partial charge in [-0.05, 0) is 61.6 Å². The summed E-state index contributed by atoms with van der Waals surface area (Å²) in [6.45, 7) is 10.4. The van der Waals surface area contributed by atoms with E-state index in [0.29, 0.717) is 6.04 Å². The Kier molecular flexibility index (Phi) is 5.26. The fraction of sp³-hybridized carbons (Fsp3) is 0.684. The Labute approximate surface area is 125 Å². The Morgan fingerprint density at radius 1 is 1.30 bits per heavy atom. The van der Waals surface area contributed by atoms with Crippen LogP contribution in [0, 0.1) is 0 Å². The summed E-state index contributed by atoms with van der Waals surface area (Å²) in [5, 5.41) is 3.62. The molecular weight excluding hydrogens is 242 g/mol. The van der Waals surface area contributed by atoms with Crippen LogP contribution in [0.25, 0.3) is 0 Å². The van der Waals surface area contributed by atoms with Gasteiger partial charge < -0.3 is 5.32 Å². The van der Waals surface area contributed by atoms with Crippen molar-refractivity contribution in [3.05, 3.63) is 35.4 Å². The largest absolute Gasteiger partial charge is 0.314 e. The zero-order valence-electron chi connectivity index (χ0n) is 13.7. The normalized spacial score (nSPS) is 17.8. The maximum atomic E-state index is 3.62. The molecule has 0 radical (unpaired) electrons. The highest BCUT2D eigenvalue weighted by Gasteiger charge is 2.25. The lowest BCUT2D eigenvalue weighted by Gasteiger charge is -2.31. The molecule has 0 amide bonds. The van der Waals surface area contributed by atoms with E-state index < -0.39 is 0 Å². The topological polar surface area (TPSA) is 12.0 Å². The number of nitrogens with one attached hydrogen (secondary N) is 1. The van der Waals surface area contributed by atoms with E-state index >= 15 is 0 Å². The first-order valence-electron chi connectivity index (χ1n) is 8.37. The molecule has 0 spiro atoms. The zero-order valence-corrected chi connectivity index (χ0v) is 13.7. The summed E-state index contributed by atoms with van der Waals surface area (Å²) in [5.41, 5.74) is 3.32. The van der Waals surface area contributed by atoms with E-state index in [-0.39, 0.29) is 5.41 Å². The molecule has 1 aliphatic rings. The summed E-state index contributed by atoms with van der Waals surface area (Å²) >= 11 is 0. The average molecular weight is 273 g/mol. The highest BCUT2D eigenvalue weighted by Crippen LogP contribution is 2.38. The third-order valence-electron chi connectivity index (χ3n) is 4.80. The molecule has 0 saturated heterocycles. The minimum atomic E-state index is 0.250. The first kappa shape index (κ1) is 15.6. The first-order valence-corrected chi connectivity index (χ1v) is 8.37. The second-order valence-electron chi connectivity index (χ2n) is 7.20. The van der Waals surface area contributed by atoms with E-state index in [2.05, 4.69) is 57.3 Å². The summed E-state index contributed by atoms with van der Waals surface area (Å²) < 4.78 is 0. The van der Waals surface area contributed by atoms with Crippen molar-refractivity contribution in [2.75, 3.05) is 6.54 Å². The molecule has 1 atom stereocenters. The van der Waals surface area contributed by atoms with Crippen molar-refractivity contribution >= 4 is 0 Å². The smallest absolute Gasteiger partial charge is 0.00470 e. The van der Waals surface area contributed by atoms with Crippen molar-refractivity contribution < 1.29 is 0 Å². The van der Waals surface area contributed by atoms with E-state index in [9.17, 15) is 0 Å². The van der Waals surface area contributed by atoms with E-state index in [4.69, 9.17) is 0 Å². The average Bonchev–Trinajstić information content (AvgIpc) is 2.34. The maximum absolute atomic E-state index is 3.62. The predicted octanol–water partition coefficient (Wildman–Crippen LogP) is 5.01. The third kappa shape index (κ3) is 3.85. The molecule has 2 rings (SSSR count). The van der Waals surface area contributed by atoms with Crippen LogP contribution < -0.4 is 5.32 Å². The van der Waals surface area contributed by atoms with Crippen LogP contribution in [0.4, 0.5) is 0 Å². The van der Waals surface area contributed by atoms with Gasteiger partial charge in [0.15, 0.2) is 0 Å². The van der Waals surface area contributed by atoms with Gasteiger partial charge in [0.25, 0.3) is 0 Å². The van der Waals surface area contributed by atoms with Gasteiger partial charge in [0.05, 0.1) is 0 Å². The molecule has 112 valence electrons. The summed E-state index contributed by atoms with van der Waals surface area (Å²) in [7, 11) is 0. The zero-order chi connectivity index (χ0) is 14.6. The van der Waals surface area contributed by atoms with Gasteiger partial charge in [0.1, 0.15) is 0 Å². The predicted molar refractivity (Wildman–Crippen MR) is 88.4 cm³/mol. The number of benzene rings is 1. The van der Waals surface area contributed by atoms with Crippen molar-refractivity contribution in [2.45, 2.75) is 77.2 Å². The van der Waals surface area contributed by atoms with Crippen molar-refractivity contribution in [3.63, 3.8) is 0 Å². The fourth-order valence-electron chi connectivity index (χ4n) is 3.30. The quantitative estimate of drug-likeness (QED) is 0.736. The van der Waals surface area contributed by atoms with Gasteiger partial charge >= 0.3 is 0 Å². The Bertz CT molecular complexity index is 418. The summed E-state index contributed by atoms with van der Waals surface area (Å²) in [5.74, 6) is 0.835. The second kappa shape index (κ2) is 6.76. The number of hydrogen-bond donors (Lipinski definition) is 1. The molecule has 1 saturated carbocycles. The van der Waals surface area contributed by atoms with Crippen LogP contribution in [0.5, 0.6) is 0 Å². The van der Waals surface area contributed by atoms with Crippen LogP contribution in [0.1, 0.15) is 76.8 Å². The molecule has 0 heterocycles. The molecule has 1 aliphatic carbocycles. The number of rotatable bonds is 7. The molecule has 1 N–H and O–H groups in total. The molecule has 0 bridgehead atoms. The van der Waals surface area contributed by atoms with Gasteiger partial charge in [-0.1, -0.05) is 51.5 Å². The third-order valence-corrected chi connectivity index (χ3v) is 4.80. The Morgan fingerprint density at radius 2 is 2.05 bits per heavy atom. The molecule has 1 fully saturated rings. The van der Waals surface area contributed by atoms with E-state index in [1.807, 2.05) is 0 Å². The summed E-state index contributed by atoms with van der Waals surface area (Å²) in [6.07, 6.45) is 6.59. The lowest BCUT2D eigenvalue weighted by molar-refractivity contribution is 0.387. The fourth-order valence-corrected chi connectivity index (χ4v) is 3.30. The Balaban J connectivity index is 2.03. The SMILES string of the molecule is CCCNC(C)CC(C)(C)c1cccc(C2CCC2)c1. The van der Waals surface area contributed by atoms with Crippen LogP contribution in [0.2, 0.25) is 0 Å². The van der Waals surface area contributed by atoms with Crippen molar-refractivity contribution in [3.8, 4) is 0 Å². The van der Waals surface area contributed by atoms with Crippen molar-refractivity contribution in [2.24, 2.45) is 0 Å². The molecule has 0 aliphatic heterocycles. The van der Waals surface area contributed by atoms with Crippen LogP contribution in [0.15, 0.2) is 24.3 Å². The van der Waals surface area contributed by atoms with Gasteiger partial charge in [-0.25, -0.2) is 0 Å². The van der Waals surface area contributed by atoms with Crippen molar-refractivity contribution in [1.29, 1.82) is 0 Å². The second-order valence-corrected chi connectivity index (χ2v) is 7.20. The Morgan fingerprint density at radius 3 is 2.65 bits per heavy atom. The van der Waals surface area contributed by atoms with Gasteiger partial charge in [0.2, 0.25) is 0 Å². The lowest BCUT2D eigenvalue weighted by Crippen LogP contribution is -2.33. The molecule has 20 heavy (non-hydrogen) atoms. The molecule has 1 unspecified atom stereocenters. The molecular formula is C19H31N. The monoisotopic (exact) mass is 273 g/mol. The Hall–Kier alpha value is -0.820. The minimum absolute atomic E-state index is 0.250. The highest BCUT2D eigenvalue weighted by atomic mass is 14.9. The van der Waals surface area contributed by atoms with Gasteiger partial charge in [-0.2, -0.15) is 0 Å². The molecule has 1 aromatic carbocycles. The number of hydrogen-bond acceptors (Lipinski definition) is 1. The van der Waals surface area contributed by atoms with Gasteiger partial charge in [-0.15, -0.1) is 0 Å². The van der Waals surface area contributed by atoms with Gasteiger partial charge in [-0.3, -0.25) is 0 Å². The van der Waals surface area contributed by atoms with Gasteiger partial charge in [0, 0.05) is 6.04 Å². The highest BCUT2D eigenvalue weighted by molar-refractivity contribution is 5.32. The van der Waals surface area contributed by atoms with Crippen LogP contribution in [-0.2, 0) is 5.41 Å². The lowest BCUT2D eigenvalue weighted by atomic mass is 9.75. The van der Waals surface area contributed by atoms with E-state index in [1.165, 1.54) is 37.7 Å². The molecule has 1 nitrogen and oxygen atoms in total. The minimum Gasteiger partial charge on any atom is -0.314 e. The van der Waals surface area contributed by atoms with Crippen LogP contribution in [0.3, 0.4) is 0 Å². The van der Waals surface area contributed by atoms with E-state index in [1.54, 1.807) is 5.56 Å². The molecule has 1 aromatic rings. The van der Waals surface area contributed by atoms with Crippen LogP contribution in [-0.4, -0.2) is 12.6 Å². The first-order chi connectivity index (χ1) is 9.53. The molecule has 0 aromatic heterocycles. The van der Waals surface area contributed by atoms with E-state index in [0.717, 1.165) is 12.5 Å². The molecule has 1 heteroatoms. The summed E-state index contributed by atoms with van der Waals surface area (Å²) in [6, 6.07) is 9.94. The maximum Gasteiger partial charge on any atom is 0.00470 e. The summed E-state index contributed by atoms with van der Waals surface area (Å²) in [4.78, 5) is 0. The van der Waals surface area contributed by atoms with Crippen molar-refractivity contribution in [1.82, 2.24) is 5.32 Å².